The topological polar surface area (TPSA) is 73.8 Å². The highest BCUT2D eigenvalue weighted by molar-refractivity contribution is 7.99. The number of nitro benzene ring substituents is 1. The lowest BCUT2D eigenvalue weighted by Gasteiger charge is -2.11. The van der Waals surface area contributed by atoms with Gasteiger partial charge < -0.3 is 0 Å². The Morgan fingerprint density at radius 3 is 2.48 bits per heavy atom. The molecule has 3 rings (SSSR count). The summed E-state index contributed by atoms with van der Waals surface area (Å²) in [4.78, 5) is 11.3. The van der Waals surface area contributed by atoms with E-state index in [1.807, 2.05) is 42.7 Å². The summed E-state index contributed by atoms with van der Waals surface area (Å²) in [7, 11) is 0. The molecular weight excluding hydrogens is 312 g/mol. The van der Waals surface area contributed by atoms with Gasteiger partial charge in [-0.15, -0.1) is 10.2 Å². The molecule has 3 aromatic rings. The van der Waals surface area contributed by atoms with Crippen molar-refractivity contribution in [2.45, 2.75) is 23.9 Å². The molecule has 0 atom stereocenters. The molecule has 1 aromatic heterocycles. The first kappa shape index (κ1) is 15.2. The number of aromatic nitrogens is 3. The van der Waals surface area contributed by atoms with Gasteiger partial charge in [0.05, 0.1) is 15.5 Å². The molecular formula is C16H14N4O2S. The Morgan fingerprint density at radius 2 is 1.74 bits per heavy atom. The lowest BCUT2D eigenvalue weighted by atomic mass is 10.2. The highest BCUT2D eigenvalue weighted by Gasteiger charge is 2.19. The predicted molar refractivity (Wildman–Crippen MR) is 88.1 cm³/mol. The number of benzene rings is 2. The van der Waals surface area contributed by atoms with Gasteiger partial charge in [0, 0.05) is 6.07 Å². The van der Waals surface area contributed by atoms with Crippen molar-refractivity contribution in [2.24, 2.45) is 0 Å². The Labute approximate surface area is 137 Å². The van der Waals surface area contributed by atoms with E-state index in [0.717, 1.165) is 17.1 Å². The van der Waals surface area contributed by atoms with E-state index < -0.39 is 0 Å². The van der Waals surface area contributed by atoms with Crippen LogP contribution in [0, 0.1) is 24.0 Å². The molecule has 0 fully saturated rings. The number of nitrogens with zero attached hydrogens (tertiary/aromatic N) is 4. The average molecular weight is 326 g/mol. The highest BCUT2D eigenvalue weighted by Crippen LogP contribution is 2.35. The summed E-state index contributed by atoms with van der Waals surface area (Å²) in [5.41, 5.74) is 2.12. The zero-order chi connectivity index (χ0) is 16.4. The van der Waals surface area contributed by atoms with E-state index in [0.29, 0.717) is 10.1 Å². The molecule has 0 amide bonds. The summed E-state index contributed by atoms with van der Waals surface area (Å²) in [6.45, 7) is 3.87. The van der Waals surface area contributed by atoms with Crippen LogP contribution >= 0.6 is 11.8 Å². The van der Waals surface area contributed by atoms with E-state index >= 15 is 0 Å². The minimum atomic E-state index is -0.385. The second-order valence-electron chi connectivity index (χ2n) is 4.98. The SMILES string of the molecule is Cc1ccccc1-n1c(C)nnc1Sc1ccccc1[N+](=O)[O-]. The Kier molecular flexibility index (Phi) is 4.12. The highest BCUT2D eigenvalue weighted by atomic mass is 32.2. The molecule has 0 unspecified atom stereocenters. The minimum Gasteiger partial charge on any atom is -0.274 e. The van der Waals surface area contributed by atoms with Gasteiger partial charge in [0.15, 0.2) is 0 Å². The molecule has 0 aliphatic rings. The monoisotopic (exact) mass is 326 g/mol. The van der Waals surface area contributed by atoms with E-state index in [4.69, 9.17) is 0 Å². The van der Waals surface area contributed by atoms with Gasteiger partial charge in [-0.25, -0.2) is 0 Å². The Balaban J connectivity index is 2.07. The fourth-order valence-electron chi connectivity index (χ4n) is 2.29. The predicted octanol–water partition coefficient (Wildman–Crippen LogP) is 3.94. The number of nitro groups is 1. The summed E-state index contributed by atoms with van der Waals surface area (Å²) in [5, 5.41) is 20.1. The first-order valence-electron chi connectivity index (χ1n) is 6.97. The van der Waals surface area contributed by atoms with Crippen LogP contribution in [0.4, 0.5) is 5.69 Å². The van der Waals surface area contributed by atoms with Crippen molar-refractivity contribution in [1.82, 2.24) is 14.8 Å². The van der Waals surface area contributed by atoms with E-state index in [-0.39, 0.29) is 10.6 Å². The van der Waals surface area contributed by atoms with Crippen LogP contribution in [0.2, 0.25) is 0 Å². The van der Waals surface area contributed by atoms with Gasteiger partial charge in [-0.05, 0) is 43.3 Å². The molecule has 2 aromatic carbocycles. The van der Waals surface area contributed by atoms with E-state index in [2.05, 4.69) is 10.2 Å². The molecule has 0 saturated carbocycles. The van der Waals surface area contributed by atoms with Crippen LogP contribution in [0.1, 0.15) is 11.4 Å². The van der Waals surface area contributed by atoms with Crippen LogP contribution in [0.25, 0.3) is 5.69 Å². The maximum absolute atomic E-state index is 11.2. The quantitative estimate of drug-likeness (QED) is 0.536. The van der Waals surface area contributed by atoms with E-state index in [9.17, 15) is 10.1 Å². The molecule has 6 nitrogen and oxygen atoms in total. The molecule has 23 heavy (non-hydrogen) atoms. The van der Waals surface area contributed by atoms with Gasteiger partial charge in [-0.3, -0.25) is 14.7 Å². The molecule has 0 bridgehead atoms. The van der Waals surface area contributed by atoms with Gasteiger partial charge in [-0.1, -0.05) is 30.3 Å². The van der Waals surface area contributed by atoms with Crippen molar-refractivity contribution >= 4 is 17.4 Å². The second-order valence-corrected chi connectivity index (χ2v) is 5.99. The normalized spacial score (nSPS) is 10.7. The summed E-state index contributed by atoms with van der Waals surface area (Å²) in [6.07, 6.45) is 0. The zero-order valence-corrected chi connectivity index (χ0v) is 13.4. The van der Waals surface area contributed by atoms with Crippen LogP contribution < -0.4 is 0 Å². The smallest absolute Gasteiger partial charge is 0.274 e. The molecule has 7 heteroatoms. The molecule has 116 valence electrons. The number of aryl methyl sites for hydroxylation is 2. The molecule has 0 N–H and O–H groups in total. The maximum Gasteiger partial charge on any atom is 0.283 e. The van der Waals surface area contributed by atoms with Crippen molar-refractivity contribution in [2.75, 3.05) is 0 Å². The fourth-order valence-corrected chi connectivity index (χ4v) is 3.29. The minimum absolute atomic E-state index is 0.0643. The lowest BCUT2D eigenvalue weighted by Crippen LogP contribution is -2.01. The van der Waals surface area contributed by atoms with Crippen LogP contribution in [0.15, 0.2) is 58.6 Å². The number of para-hydroxylation sites is 2. The van der Waals surface area contributed by atoms with Gasteiger partial charge in [0.1, 0.15) is 5.82 Å². The summed E-state index contributed by atoms with van der Waals surface area (Å²) < 4.78 is 1.91. The van der Waals surface area contributed by atoms with E-state index in [1.54, 1.807) is 18.2 Å². The van der Waals surface area contributed by atoms with Crippen LogP contribution in [-0.4, -0.2) is 19.7 Å². The third-order valence-electron chi connectivity index (χ3n) is 3.41. The summed E-state index contributed by atoms with van der Waals surface area (Å²) in [5.74, 6) is 0.736. The zero-order valence-electron chi connectivity index (χ0n) is 12.6. The average Bonchev–Trinajstić information content (AvgIpc) is 2.89. The van der Waals surface area contributed by atoms with Crippen molar-refractivity contribution in [1.29, 1.82) is 0 Å². The third-order valence-corrected chi connectivity index (χ3v) is 4.43. The maximum atomic E-state index is 11.2. The van der Waals surface area contributed by atoms with Crippen molar-refractivity contribution in [3.8, 4) is 5.69 Å². The number of hydrogen-bond donors (Lipinski definition) is 0. The summed E-state index contributed by atoms with van der Waals surface area (Å²) >= 11 is 1.24. The Bertz CT molecular complexity index is 876. The first-order valence-corrected chi connectivity index (χ1v) is 7.79. The van der Waals surface area contributed by atoms with Crippen molar-refractivity contribution in [3.63, 3.8) is 0 Å². The molecule has 0 aliphatic carbocycles. The molecule has 0 radical (unpaired) electrons. The van der Waals surface area contributed by atoms with Gasteiger partial charge in [0.25, 0.3) is 5.69 Å². The van der Waals surface area contributed by atoms with Crippen LogP contribution in [0.5, 0.6) is 0 Å². The van der Waals surface area contributed by atoms with Crippen LogP contribution in [-0.2, 0) is 0 Å². The van der Waals surface area contributed by atoms with Crippen molar-refractivity contribution in [3.05, 3.63) is 70.0 Å². The van der Waals surface area contributed by atoms with E-state index in [1.165, 1.54) is 17.8 Å². The fraction of sp³-hybridized carbons (Fsp3) is 0.125. The lowest BCUT2D eigenvalue weighted by molar-refractivity contribution is -0.387. The Morgan fingerprint density at radius 1 is 1.04 bits per heavy atom. The largest absolute Gasteiger partial charge is 0.283 e. The van der Waals surface area contributed by atoms with Gasteiger partial charge in [-0.2, -0.15) is 0 Å². The van der Waals surface area contributed by atoms with Crippen molar-refractivity contribution < 1.29 is 4.92 Å². The summed E-state index contributed by atoms with van der Waals surface area (Å²) in [6, 6.07) is 14.5. The van der Waals surface area contributed by atoms with Crippen LogP contribution in [0.3, 0.4) is 0 Å². The Hall–Kier alpha value is -2.67. The second kappa shape index (κ2) is 6.21. The number of rotatable bonds is 4. The number of hydrogen-bond acceptors (Lipinski definition) is 5. The van der Waals surface area contributed by atoms with Gasteiger partial charge >= 0.3 is 0 Å². The molecule has 0 saturated heterocycles. The first-order chi connectivity index (χ1) is 11.1. The molecule has 0 aliphatic heterocycles. The third kappa shape index (κ3) is 2.95. The molecule has 0 spiro atoms. The standard InChI is InChI=1S/C16H14N4O2S/c1-11-7-3-4-8-13(11)19-12(2)17-18-16(19)23-15-10-6-5-9-14(15)20(21)22/h3-10H,1-2H3. The molecule has 1 heterocycles. The van der Waals surface area contributed by atoms with Gasteiger partial charge in [0.2, 0.25) is 5.16 Å².